The number of aromatic amines is 1. The van der Waals surface area contributed by atoms with Crippen LogP contribution in [0, 0.1) is 6.92 Å². The minimum absolute atomic E-state index is 0.551. The number of hydrogen-bond acceptors (Lipinski definition) is 6. The summed E-state index contributed by atoms with van der Waals surface area (Å²) < 4.78 is 10.6. The van der Waals surface area contributed by atoms with Crippen molar-refractivity contribution in [3.63, 3.8) is 0 Å². The molecule has 0 spiro atoms. The van der Waals surface area contributed by atoms with Crippen LogP contribution in [0.2, 0.25) is 0 Å². The van der Waals surface area contributed by atoms with Crippen LogP contribution in [-0.4, -0.2) is 27.2 Å². The summed E-state index contributed by atoms with van der Waals surface area (Å²) in [6, 6.07) is 13.8. The zero-order valence-corrected chi connectivity index (χ0v) is 14.6. The summed E-state index contributed by atoms with van der Waals surface area (Å²) in [6.07, 6.45) is 0. The maximum absolute atomic E-state index is 5.34. The molecule has 0 amide bonds. The zero-order valence-electron chi connectivity index (χ0n) is 13.8. The molecule has 2 aromatic heterocycles. The van der Waals surface area contributed by atoms with E-state index in [9.17, 15) is 0 Å². The van der Waals surface area contributed by atoms with E-state index < -0.39 is 0 Å². The van der Waals surface area contributed by atoms with E-state index in [0.29, 0.717) is 17.5 Å². The molecule has 4 rings (SSSR count). The second-order valence-electron chi connectivity index (χ2n) is 5.59. The number of thioether (sulfide) groups is 1. The number of ether oxygens (including phenoxy) is 1. The van der Waals surface area contributed by atoms with Crippen molar-refractivity contribution in [2.45, 2.75) is 17.8 Å². The molecule has 25 heavy (non-hydrogen) atoms. The van der Waals surface area contributed by atoms with Gasteiger partial charge in [-0.25, -0.2) is 4.98 Å². The monoisotopic (exact) mass is 352 g/mol. The topological polar surface area (TPSA) is 76.8 Å². The van der Waals surface area contributed by atoms with Crippen LogP contribution in [0.1, 0.15) is 11.5 Å². The van der Waals surface area contributed by atoms with E-state index in [2.05, 4.69) is 20.1 Å². The highest BCUT2D eigenvalue weighted by Gasteiger charge is 2.11. The highest BCUT2D eigenvalue weighted by Crippen LogP contribution is 2.26. The van der Waals surface area contributed by atoms with Crippen LogP contribution in [0.3, 0.4) is 0 Å². The van der Waals surface area contributed by atoms with Gasteiger partial charge in [0.05, 0.1) is 23.9 Å². The van der Waals surface area contributed by atoms with Crippen LogP contribution in [0.15, 0.2) is 52.1 Å². The molecule has 2 aromatic carbocycles. The van der Waals surface area contributed by atoms with E-state index in [1.807, 2.05) is 49.4 Å². The summed E-state index contributed by atoms with van der Waals surface area (Å²) in [5, 5.41) is 4.85. The molecule has 0 aliphatic heterocycles. The van der Waals surface area contributed by atoms with Crippen LogP contribution in [-0.2, 0) is 5.75 Å². The van der Waals surface area contributed by atoms with Crippen LogP contribution in [0.25, 0.3) is 22.4 Å². The van der Waals surface area contributed by atoms with Crippen LogP contribution < -0.4 is 4.74 Å². The van der Waals surface area contributed by atoms with E-state index in [4.69, 9.17) is 9.26 Å². The maximum Gasteiger partial charge on any atom is 0.237 e. The normalized spacial score (nSPS) is 11.1. The van der Waals surface area contributed by atoms with Crippen molar-refractivity contribution in [3.05, 3.63) is 53.9 Å². The van der Waals surface area contributed by atoms with Crippen LogP contribution in [0.5, 0.6) is 5.75 Å². The van der Waals surface area contributed by atoms with E-state index in [1.165, 1.54) is 17.3 Å². The highest BCUT2D eigenvalue weighted by atomic mass is 32.2. The minimum Gasteiger partial charge on any atom is -0.497 e. The van der Waals surface area contributed by atoms with Crippen LogP contribution >= 0.6 is 11.8 Å². The molecule has 0 fully saturated rings. The molecule has 2 heterocycles. The van der Waals surface area contributed by atoms with Gasteiger partial charge in [-0.05, 0) is 19.1 Å². The summed E-state index contributed by atoms with van der Waals surface area (Å²) in [5.41, 5.74) is 3.98. The maximum atomic E-state index is 5.34. The van der Waals surface area contributed by atoms with E-state index in [0.717, 1.165) is 27.5 Å². The minimum atomic E-state index is 0.551. The highest BCUT2D eigenvalue weighted by molar-refractivity contribution is 7.98. The third-order valence-electron chi connectivity index (χ3n) is 3.78. The molecule has 0 bridgehead atoms. The summed E-state index contributed by atoms with van der Waals surface area (Å²) in [7, 11) is 1.65. The number of nitrogens with zero attached hydrogens (tertiary/aromatic N) is 3. The number of aromatic nitrogens is 4. The van der Waals surface area contributed by atoms with Crippen molar-refractivity contribution in [1.29, 1.82) is 0 Å². The van der Waals surface area contributed by atoms with Gasteiger partial charge in [0.2, 0.25) is 11.7 Å². The fraction of sp³-hybridized carbons (Fsp3) is 0.167. The van der Waals surface area contributed by atoms with Gasteiger partial charge >= 0.3 is 0 Å². The van der Waals surface area contributed by atoms with Gasteiger partial charge in [-0.2, -0.15) is 4.98 Å². The summed E-state index contributed by atoms with van der Waals surface area (Å²) in [5.74, 6) is 2.52. The Hall–Kier alpha value is -2.80. The van der Waals surface area contributed by atoms with Gasteiger partial charge < -0.3 is 14.2 Å². The SMILES string of the molecule is COc1ccc2nc(SCc3nc(-c4ccc(C)cc4)no3)[nH]c2c1. The first-order valence-corrected chi connectivity index (χ1v) is 8.76. The fourth-order valence-electron chi connectivity index (χ4n) is 2.42. The molecule has 1 N–H and O–H groups in total. The Kier molecular flexibility index (Phi) is 4.15. The number of methoxy groups -OCH3 is 1. The molecular formula is C18H16N4O2S. The summed E-state index contributed by atoms with van der Waals surface area (Å²) >= 11 is 1.52. The predicted molar refractivity (Wildman–Crippen MR) is 96.7 cm³/mol. The number of fused-ring (bicyclic) bond motifs is 1. The van der Waals surface area contributed by atoms with Crippen molar-refractivity contribution in [3.8, 4) is 17.1 Å². The zero-order chi connectivity index (χ0) is 17.2. The smallest absolute Gasteiger partial charge is 0.237 e. The predicted octanol–water partition coefficient (Wildman–Crippen LogP) is 4.22. The van der Waals surface area contributed by atoms with Crippen molar-refractivity contribution in [1.82, 2.24) is 20.1 Å². The van der Waals surface area contributed by atoms with Gasteiger partial charge in [-0.1, -0.05) is 46.7 Å². The summed E-state index contributed by atoms with van der Waals surface area (Å²) in [4.78, 5) is 12.3. The fourth-order valence-corrected chi connectivity index (χ4v) is 3.15. The quantitative estimate of drug-likeness (QED) is 0.542. The number of hydrogen-bond donors (Lipinski definition) is 1. The molecule has 0 radical (unpaired) electrons. The van der Waals surface area contributed by atoms with Crippen LogP contribution in [0.4, 0.5) is 0 Å². The third-order valence-corrected chi connectivity index (χ3v) is 4.64. The third kappa shape index (κ3) is 3.36. The molecule has 0 aliphatic carbocycles. The number of H-pyrrole nitrogens is 1. The first kappa shape index (κ1) is 15.7. The van der Waals surface area contributed by atoms with Gasteiger partial charge in [0.1, 0.15) is 5.75 Å². The molecule has 7 heteroatoms. The molecule has 0 unspecified atom stereocenters. The Morgan fingerprint density at radius 1 is 1.12 bits per heavy atom. The Labute approximate surface area is 148 Å². The average Bonchev–Trinajstić information content (AvgIpc) is 3.26. The van der Waals surface area contributed by atoms with Crippen molar-refractivity contribution in [2.75, 3.05) is 7.11 Å². The number of imidazole rings is 1. The summed E-state index contributed by atoms with van der Waals surface area (Å²) in [6.45, 7) is 2.05. The molecule has 0 atom stereocenters. The lowest BCUT2D eigenvalue weighted by Crippen LogP contribution is -1.84. The van der Waals surface area contributed by atoms with Gasteiger partial charge in [0.15, 0.2) is 5.16 Å². The van der Waals surface area contributed by atoms with Crippen molar-refractivity contribution < 1.29 is 9.26 Å². The number of benzene rings is 2. The first-order chi connectivity index (χ1) is 12.2. The van der Waals surface area contributed by atoms with E-state index >= 15 is 0 Å². The lowest BCUT2D eigenvalue weighted by Gasteiger charge is -1.96. The molecule has 0 saturated heterocycles. The molecular weight excluding hydrogens is 336 g/mol. The van der Waals surface area contributed by atoms with E-state index in [1.54, 1.807) is 7.11 Å². The largest absolute Gasteiger partial charge is 0.497 e. The number of rotatable bonds is 5. The Balaban J connectivity index is 1.47. The second-order valence-corrected chi connectivity index (χ2v) is 6.56. The first-order valence-electron chi connectivity index (χ1n) is 7.77. The molecule has 6 nitrogen and oxygen atoms in total. The number of aryl methyl sites for hydroxylation is 1. The van der Waals surface area contributed by atoms with E-state index in [-0.39, 0.29) is 0 Å². The van der Waals surface area contributed by atoms with Crippen molar-refractivity contribution >= 4 is 22.8 Å². The molecule has 0 aliphatic rings. The lowest BCUT2D eigenvalue weighted by atomic mass is 10.1. The lowest BCUT2D eigenvalue weighted by molar-refractivity contribution is 0.391. The molecule has 126 valence electrons. The Morgan fingerprint density at radius 3 is 2.76 bits per heavy atom. The van der Waals surface area contributed by atoms with Gasteiger partial charge in [0.25, 0.3) is 0 Å². The average molecular weight is 352 g/mol. The molecule has 0 saturated carbocycles. The standard InChI is InChI=1S/C18H16N4O2S/c1-11-3-5-12(6-4-11)17-21-16(24-22-17)10-25-18-19-14-8-7-13(23-2)9-15(14)20-18/h3-9H,10H2,1-2H3,(H,19,20). The van der Waals surface area contributed by atoms with Crippen molar-refractivity contribution in [2.24, 2.45) is 0 Å². The van der Waals surface area contributed by atoms with Gasteiger partial charge in [0, 0.05) is 11.6 Å². The van der Waals surface area contributed by atoms with Gasteiger partial charge in [-0.15, -0.1) is 0 Å². The van der Waals surface area contributed by atoms with Gasteiger partial charge in [-0.3, -0.25) is 0 Å². The molecule has 4 aromatic rings. The number of nitrogens with one attached hydrogen (secondary N) is 1. The second kappa shape index (κ2) is 6.60. The Morgan fingerprint density at radius 2 is 1.96 bits per heavy atom. The Bertz CT molecular complexity index is 1010.